The highest BCUT2D eigenvalue weighted by molar-refractivity contribution is 5.88. The smallest absolute Gasteiger partial charge is 0.410 e. The van der Waals surface area contributed by atoms with Crippen LogP contribution in [0.25, 0.3) is 0 Å². The predicted octanol–water partition coefficient (Wildman–Crippen LogP) is 0.122. The SMILES string of the molecule is O=C(NC1CC1)[C@@H]1COC(=O)N1CC1CCOC1. The number of amides is 2. The molecule has 0 aromatic rings. The Bertz CT molecular complexity index is 350. The molecule has 100 valence electrons. The summed E-state index contributed by atoms with van der Waals surface area (Å²) in [6.07, 6.45) is 2.66. The van der Waals surface area contributed by atoms with Gasteiger partial charge in [-0.15, -0.1) is 0 Å². The van der Waals surface area contributed by atoms with Gasteiger partial charge in [-0.05, 0) is 19.3 Å². The van der Waals surface area contributed by atoms with Gasteiger partial charge in [0.1, 0.15) is 12.6 Å². The highest BCUT2D eigenvalue weighted by atomic mass is 16.6. The molecule has 2 aliphatic heterocycles. The minimum atomic E-state index is -0.460. The molecule has 0 aromatic heterocycles. The fourth-order valence-corrected chi connectivity index (χ4v) is 2.40. The molecule has 2 heterocycles. The number of hydrogen-bond donors (Lipinski definition) is 1. The zero-order chi connectivity index (χ0) is 12.5. The van der Waals surface area contributed by atoms with Crippen molar-refractivity contribution in [3.05, 3.63) is 0 Å². The topological polar surface area (TPSA) is 67.9 Å². The van der Waals surface area contributed by atoms with Crippen molar-refractivity contribution in [3.8, 4) is 0 Å². The average Bonchev–Trinajstić information content (AvgIpc) is 2.88. The van der Waals surface area contributed by atoms with E-state index in [1.807, 2.05) is 0 Å². The third kappa shape index (κ3) is 2.43. The zero-order valence-electron chi connectivity index (χ0n) is 10.3. The molecule has 1 aliphatic carbocycles. The summed E-state index contributed by atoms with van der Waals surface area (Å²) in [5.41, 5.74) is 0. The number of carbonyl (C=O) groups excluding carboxylic acids is 2. The molecule has 2 atom stereocenters. The van der Waals surface area contributed by atoms with Gasteiger partial charge >= 0.3 is 6.09 Å². The van der Waals surface area contributed by atoms with Gasteiger partial charge in [0.2, 0.25) is 5.91 Å². The summed E-state index contributed by atoms with van der Waals surface area (Å²) in [6, 6.07) is -0.149. The van der Waals surface area contributed by atoms with Crippen molar-refractivity contribution in [2.45, 2.75) is 31.3 Å². The molecule has 18 heavy (non-hydrogen) atoms. The van der Waals surface area contributed by atoms with Crippen molar-refractivity contribution >= 4 is 12.0 Å². The zero-order valence-corrected chi connectivity index (χ0v) is 10.3. The quantitative estimate of drug-likeness (QED) is 0.774. The fraction of sp³-hybridized carbons (Fsp3) is 0.833. The Morgan fingerprint density at radius 3 is 2.83 bits per heavy atom. The van der Waals surface area contributed by atoms with Crippen molar-refractivity contribution in [1.29, 1.82) is 0 Å². The molecule has 2 amide bonds. The van der Waals surface area contributed by atoms with E-state index in [1.165, 1.54) is 0 Å². The molecule has 1 saturated carbocycles. The molecule has 1 unspecified atom stereocenters. The number of nitrogens with one attached hydrogen (secondary N) is 1. The van der Waals surface area contributed by atoms with Gasteiger partial charge in [0.15, 0.2) is 0 Å². The minimum absolute atomic E-state index is 0.0812. The molecular weight excluding hydrogens is 236 g/mol. The molecule has 2 saturated heterocycles. The molecular formula is C12H18N2O4. The maximum absolute atomic E-state index is 12.0. The number of hydrogen-bond acceptors (Lipinski definition) is 4. The van der Waals surface area contributed by atoms with Gasteiger partial charge in [-0.2, -0.15) is 0 Å². The van der Waals surface area contributed by atoms with Gasteiger partial charge in [0, 0.05) is 25.1 Å². The van der Waals surface area contributed by atoms with Gasteiger partial charge in [-0.25, -0.2) is 4.79 Å². The Morgan fingerprint density at radius 2 is 2.17 bits per heavy atom. The lowest BCUT2D eigenvalue weighted by Crippen LogP contribution is -2.48. The Morgan fingerprint density at radius 1 is 1.33 bits per heavy atom. The van der Waals surface area contributed by atoms with Crippen LogP contribution in [0, 0.1) is 5.92 Å². The van der Waals surface area contributed by atoms with E-state index in [1.54, 1.807) is 4.90 Å². The molecule has 1 N–H and O–H groups in total. The monoisotopic (exact) mass is 254 g/mol. The third-order valence-corrected chi connectivity index (χ3v) is 3.68. The van der Waals surface area contributed by atoms with Crippen molar-refractivity contribution in [1.82, 2.24) is 10.2 Å². The van der Waals surface area contributed by atoms with Crippen LogP contribution in [0.2, 0.25) is 0 Å². The Hall–Kier alpha value is -1.30. The second kappa shape index (κ2) is 4.76. The second-order valence-corrected chi connectivity index (χ2v) is 5.26. The van der Waals surface area contributed by atoms with Gasteiger partial charge in [0.25, 0.3) is 0 Å². The molecule has 0 radical (unpaired) electrons. The van der Waals surface area contributed by atoms with E-state index in [4.69, 9.17) is 9.47 Å². The number of ether oxygens (including phenoxy) is 2. The summed E-state index contributed by atoms with van der Waals surface area (Å²) in [7, 11) is 0. The molecule has 6 nitrogen and oxygen atoms in total. The summed E-state index contributed by atoms with van der Waals surface area (Å²) >= 11 is 0. The van der Waals surface area contributed by atoms with Crippen LogP contribution < -0.4 is 5.32 Å². The van der Waals surface area contributed by atoms with Crippen LogP contribution >= 0.6 is 0 Å². The Balaban J connectivity index is 1.60. The van der Waals surface area contributed by atoms with Crippen LogP contribution in [0.5, 0.6) is 0 Å². The predicted molar refractivity (Wildman–Crippen MR) is 61.9 cm³/mol. The number of carbonyl (C=O) groups is 2. The summed E-state index contributed by atoms with van der Waals surface area (Å²) in [5.74, 6) is 0.245. The van der Waals surface area contributed by atoms with E-state index >= 15 is 0 Å². The summed E-state index contributed by atoms with van der Waals surface area (Å²) < 4.78 is 10.3. The largest absolute Gasteiger partial charge is 0.447 e. The van der Waals surface area contributed by atoms with Crippen molar-refractivity contribution in [2.24, 2.45) is 5.92 Å². The average molecular weight is 254 g/mol. The lowest BCUT2D eigenvalue weighted by Gasteiger charge is -2.23. The number of rotatable bonds is 4. The third-order valence-electron chi connectivity index (χ3n) is 3.68. The van der Waals surface area contributed by atoms with Crippen molar-refractivity contribution in [2.75, 3.05) is 26.4 Å². The van der Waals surface area contributed by atoms with Crippen LogP contribution in [-0.4, -0.2) is 55.3 Å². The van der Waals surface area contributed by atoms with E-state index in [9.17, 15) is 9.59 Å². The lowest BCUT2D eigenvalue weighted by molar-refractivity contribution is -0.125. The van der Waals surface area contributed by atoms with E-state index in [0.717, 1.165) is 25.9 Å². The van der Waals surface area contributed by atoms with Crippen LogP contribution in [0.1, 0.15) is 19.3 Å². The van der Waals surface area contributed by atoms with E-state index in [0.29, 0.717) is 25.1 Å². The number of cyclic esters (lactones) is 1. The van der Waals surface area contributed by atoms with Crippen molar-refractivity contribution in [3.63, 3.8) is 0 Å². The fourth-order valence-electron chi connectivity index (χ4n) is 2.40. The standard InChI is InChI=1S/C12H18N2O4/c15-11(13-9-1-2-9)10-7-18-12(16)14(10)5-8-3-4-17-6-8/h8-10H,1-7H2,(H,13,15)/t8?,10-/m0/s1. The molecule has 3 aliphatic rings. The van der Waals surface area contributed by atoms with Gasteiger partial charge in [-0.1, -0.05) is 0 Å². The number of nitrogens with zero attached hydrogens (tertiary/aromatic N) is 1. The first-order valence-corrected chi connectivity index (χ1v) is 6.55. The minimum Gasteiger partial charge on any atom is -0.447 e. The normalized spacial score (nSPS) is 31.6. The van der Waals surface area contributed by atoms with Gasteiger partial charge in [0.05, 0.1) is 6.61 Å². The van der Waals surface area contributed by atoms with Gasteiger partial charge in [-0.3, -0.25) is 9.69 Å². The highest BCUT2D eigenvalue weighted by Gasteiger charge is 2.41. The molecule has 3 fully saturated rings. The Labute approximate surface area is 106 Å². The Kier molecular flexibility index (Phi) is 3.11. The summed E-state index contributed by atoms with van der Waals surface area (Å²) in [4.78, 5) is 25.2. The van der Waals surface area contributed by atoms with E-state index < -0.39 is 6.04 Å². The molecule has 6 heteroatoms. The maximum atomic E-state index is 12.0. The first-order chi connectivity index (χ1) is 8.74. The lowest BCUT2D eigenvalue weighted by atomic mass is 10.1. The van der Waals surface area contributed by atoms with Crippen LogP contribution in [-0.2, 0) is 14.3 Å². The maximum Gasteiger partial charge on any atom is 0.410 e. The first kappa shape index (κ1) is 11.8. The van der Waals surface area contributed by atoms with Crippen LogP contribution in [0.4, 0.5) is 4.79 Å². The molecule has 3 rings (SSSR count). The highest BCUT2D eigenvalue weighted by Crippen LogP contribution is 2.22. The van der Waals surface area contributed by atoms with Crippen LogP contribution in [0.15, 0.2) is 0 Å². The molecule has 0 bridgehead atoms. The first-order valence-electron chi connectivity index (χ1n) is 6.55. The van der Waals surface area contributed by atoms with Crippen molar-refractivity contribution < 1.29 is 19.1 Å². The van der Waals surface area contributed by atoms with Crippen LogP contribution in [0.3, 0.4) is 0 Å². The summed E-state index contributed by atoms with van der Waals surface area (Å²) in [5, 5.41) is 2.93. The summed E-state index contributed by atoms with van der Waals surface area (Å²) in [6.45, 7) is 2.14. The molecule has 0 spiro atoms. The van der Waals surface area contributed by atoms with Gasteiger partial charge < -0.3 is 14.8 Å². The van der Waals surface area contributed by atoms with E-state index in [2.05, 4.69) is 5.32 Å². The molecule has 0 aromatic carbocycles. The second-order valence-electron chi connectivity index (χ2n) is 5.26. The van der Waals surface area contributed by atoms with E-state index in [-0.39, 0.29) is 18.6 Å².